The minimum atomic E-state index is -1.23. The van der Waals surface area contributed by atoms with Crippen LogP contribution in [-0.2, 0) is 29.0 Å². The molecule has 8 nitrogen and oxygen atoms in total. The molecule has 3 amide bonds. The lowest BCUT2D eigenvalue weighted by molar-refractivity contribution is -0.147. The Hall–Kier alpha value is -4.53. The smallest absolute Gasteiger partial charge is 0.330 e. The molecule has 0 aromatic heterocycles. The molecule has 1 aliphatic rings. The third kappa shape index (κ3) is 8.77. The second-order valence-corrected chi connectivity index (χ2v) is 11.4. The highest BCUT2D eigenvalue weighted by atomic mass is 35.5. The number of halogens is 2. The van der Waals surface area contributed by atoms with Gasteiger partial charge in [-0.25, -0.2) is 9.59 Å². The van der Waals surface area contributed by atoms with Gasteiger partial charge in [0.15, 0.2) is 0 Å². The van der Waals surface area contributed by atoms with Crippen molar-refractivity contribution in [2.45, 2.75) is 38.0 Å². The molecule has 5 rings (SSSR count). The van der Waals surface area contributed by atoms with Gasteiger partial charge in [-0.1, -0.05) is 108 Å². The minimum absolute atomic E-state index is 0.00632. The number of urea groups is 1. The van der Waals surface area contributed by atoms with Crippen LogP contribution in [0.25, 0.3) is 0 Å². The SMILES string of the molecule is O=C(NC[C@H](NC(=O)c1c(Cl)cc(OCCc2ccccc2)cc1Cl)C(=O)OCc1ccccc1)N[C@@H]1CCc2ccccc21. The van der Waals surface area contributed by atoms with Gasteiger partial charge in [-0.15, -0.1) is 0 Å². The van der Waals surface area contributed by atoms with Crippen molar-refractivity contribution in [2.24, 2.45) is 0 Å². The molecule has 0 fully saturated rings. The fourth-order valence-electron chi connectivity index (χ4n) is 5.15. The molecular weight excluding hydrogens is 613 g/mol. The number of hydrogen-bond donors (Lipinski definition) is 3. The van der Waals surface area contributed by atoms with Gasteiger partial charge in [0.05, 0.1) is 34.8 Å². The number of esters is 1. The molecule has 45 heavy (non-hydrogen) atoms. The first-order valence-corrected chi connectivity index (χ1v) is 15.4. The predicted molar refractivity (Wildman–Crippen MR) is 174 cm³/mol. The van der Waals surface area contributed by atoms with Crippen molar-refractivity contribution in [3.8, 4) is 5.75 Å². The Labute approximate surface area is 272 Å². The number of carbonyl (C=O) groups is 3. The zero-order valence-corrected chi connectivity index (χ0v) is 25.9. The van der Waals surface area contributed by atoms with Crippen LogP contribution in [0.4, 0.5) is 4.79 Å². The number of aryl methyl sites for hydroxylation is 1. The summed E-state index contributed by atoms with van der Waals surface area (Å²) in [7, 11) is 0. The second kappa shape index (κ2) is 15.5. The van der Waals surface area contributed by atoms with Crippen molar-refractivity contribution in [3.63, 3.8) is 0 Å². The van der Waals surface area contributed by atoms with Crippen LogP contribution < -0.4 is 20.7 Å². The maximum absolute atomic E-state index is 13.4. The van der Waals surface area contributed by atoms with Gasteiger partial charge in [0.25, 0.3) is 5.91 Å². The van der Waals surface area contributed by atoms with Gasteiger partial charge in [-0.05, 0) is 47.2 Å². The van der Waals surface area contributed by atoms with Gasteiger partial charge < -0.3 is 25.4 Å². The number of carbonyl (C=O) groups excluding carboxylic acids is 3. The highest BCUT2D eigenvalue weighted by Crippen LogP contribution is 2.31. The normalized spacial score (nSPS) is 14.1. The lowest BCUT2D eigenvalue weighted by atomic mass is 10.1. The van der Waals surface area contributed by atoms with Crippen molar-refractivity contribution in [1.82, 2.24) is 16.0 Å². The van der Waals surface area contributed by atoms with Crippen LogP contribution in [0.1, 0.15) is 45.1 Å². The number of fused-ring (bicyclic) bond motifs is 1. The third-order valence-electron chi connectivity index (χ3n) is 7.46. The minimum Gasteiger partial charge on any atom is -0.493 e. The van der Waals surface area contributed by atoms with Crippen LogP contribution in [0, 0.1) is 0 Å². The van der Waals surface area contributed by atoms with Gasteiger partial charge in [0, 0.05) is 6.42 Å². The molecule has 3 N–H and O–H groups in total. The first kappa shape index (κ1) is 31.9. The summed E-state index contributed by atoms with van der Waals surface area (Å²) in [4.78, 5) is 39.4. The highest BCUT2D eigenvalue weighted by Gasteiger charge is 2.28. The summed E-state index contributed by atoms with van der Waals surface area (Å²) in [5.74, 6) is -1.02. The molecular formula is C35H33Cl2N3O5. The second-order valence-electron chi connectivity index (χ2n) is 10.6. The highest BCUT2D eigenvalue weighted by molar-refractivity contribution is 6.40. The van der Waals surface area contributed by atoms with Gasteiger partial charge in [-0.2, -0.15) is 0 Å². The summed E-state index contributed by atoms with van der Waals surface area (Å²) in [6.07, 6.45) is 2.32. The van der Waals surface area contributed by atoms with E-state index in [0.717, 1.165) is 29.5 Å². The van der Waals surface area contributed by atoms with E-state index in [1.807, 2.05) is 84.9 Å². The van der Waals surface area contributed by atoms with E-state index in [0.29, 0.717) is 18.8 Å². The van der Waals surface area contributed by atoms with Crippen molar-refractivity contribution in [1.29, 1.82) is 0 Å². The first-order chi connectivity index (χ1) is 21.9. The summed E-state index contributed by atoms with van der Waals surface area (Å²) >= 11 is 12.9. The van der Waals surface area contributed by atoms with Crippen molar-refractivity contribution in [2.75, 3.05) is 13.2 Å². The quantitative estimate of drug-likeness (QED) is 0.154. The first-order valence-electron chi connectivity index (χ1n) is 14.7. The van der Waals surface area contributed by atoms with Gasteiger partial charge in [0.1, 0.15) is 18.4 Å². The fraction of sp³-hybridized carbons (Fsp3) is 0.229. The summed E-state index contributed by atoms with van der Waals surface area (Å²) in [5.41, 5.74) is 4.12. The largest absolute Gasteiger partial charge is 0.493 e. The number of hydrogen-bond acceptors (Lipinski definition) is 5. The van der Waals surface area contributed by atoms with E-state index in [1.165, 1.54) is 17.7 Å². The Morgan fingerprint density at radius 3 is 2.20 bits per heavy atom. The Balaban J connectivity index is 1.23. The predicted octanol–water partition coefficient (Wildman–Crippen LogP) is 6.44. The van der Waals surface area contributed by atoms with E-state index >= 15 is 0 Å². The molecule has 0 saturated heterocycles. The molecule has 0 bridgehead atoms. The van der Waals surface area contributed by atoms with E-state index in [1.54, 1.807) is 0 Å². The van der Waals surface area contributed by atoms with Crippen LogP contribution in [0.15, 0.2) is 97.1 Å². The Kier molecular flexibility index (Phi) is 11.0. The summed E-state index contributed by atoms with van der Waals surface area (Å²) < 4.78 is 11.3. The molecule has 0 unspecified atom stereocenters. The number of benzene rings is 4. The van der Waals surface area contributed by atoms with Gasteiger partial charge >= 0.3 is 12.0 Å². The van der Waals surface area contributed by atoms with E-state index in [2.05, 4.69) is 16.0 Å². The maximum atomic E-state index is 13.4. The molecule has 2 atom stereocenters. The lowest BCUT2D eigenvalue weighted by Crippen LogP contribution is -2.51. The van der Waals surface area contributed by atoms with Crippen LogP contribution in [0.3, 0.4) is 0 Å². The molecule has 4 aromatic carbocycles. The van der Waals surface area contributed by atoms with Crippen molar-refractivity contribution >= 4 is 41.1 Å². The molecule has 232 valence electrons. The van der Waals surface area contributed by atoms with Crippen LogP contribution in [-0.4, -0.2) is 37.1 Å². The maximum Gasteiger partial charge on any atom is 0.330 e. The Morgan fingerprint density at radius 1 is 0.844 bits per heavy atom. The zero-order chi connectivity index (χ0) is 31.6. The summed E-state index contributed by atoms with van der Waals surface area (Å²) in [6, 6.07) is 28.1. The lowest BCUT2D eigenvalue weighted by Gasteiger charge is -2.21. The van der Waals surface area contributed by atoms with E-state index in [4.69, 9.17) is 32.7 Å². The summed E-state index contributed by atoms with van der Waals surface area (Å²) in [5, 5.41) is 8.39. The van der Waals surface area contributed by atoms with Gasteiger partial charge in [0.2, 0.25) is 0 Å². The summed E-state index contributed by atoms with van der Waals surface area (Å²) in [6.45, 7) is 0.154. The standard InChI is InChI=1S/C35H33Cl2N3O5/c36-28-19-26(44-18-17-23-9-3-1-4-10-23)20-29(37)32(28)33(41)39-31(34(42)45-22-24-11-5-2-6-12-24)21-38-35(43)40-30-16-15-25-13-7-8-14-27(25)30/h1-14,19-20,30-31H,15-18,21-22H2,(H,39,41)(H2,38,40,43)/t30-,31+/m1/s1. The monoisotopic (exact) mass is 645 g/mol. The zero-order valence-electron chi connectivity index (χ0n) is 24.4. The third-order valence-corrected chi connectivity index (χ3v) is 8.06. The van der Waals surface area contributed by atoms with E-state index in [-0.39, 0.29) is 34.8 Å². The topological polar surface area (TPSA) is 106 Å². The molecule has 0 saturated carbocycles. The molecule has 0 heterocycles. The van der Waals surface area contributed by atoms with Gasteiger partial charge in [-0.3, -0.25) is 4.79 Å². The van der Waals surface area contributed by atoms with Crippen molar-refractivity contribution < 1.29 is 23.9 Å². The molecule has 1 aliphatic carbocycles. The average Bonchev–Trinajstić information content (AvgIpc) is 3.45. The number of rotatable bonds is 12. The number of amides is 3. The fourth-order valence-corrected chi connectivity index (χ4v) is 5.78. The van der Waals surface area contributed by atoms with Crippen LogP contribution in [0.2, 0.25) is 10.0 Å². The van der Waals surface area contributed by atoms with Crippen LogP contribution in [0.5, 0.6) is 5.75 Å². The molecule has 0 spiro atoms. The van der Waals surface area contributed by atoms with E-state index in [9.17, 15) is 14.4 Å². The Bertz CT molecular complexity index is 1610. The average molecular weight is 647 g/mol. The Morgan fingerprint density at radius 2 is 1.49 bits per heavy atom. The molecule has 4 aromatic rings. The van der Waals surface area contributed by atoms with Crippen LogP contribution >= 0.6 is 23.2 Å². The molecule has 0 radical (unpaired) electrons. The molecule has 10 heteroatoms. The number of ether oxygens (including phenoxy) is 2. The van der Waals surface area contributed by atoms with Crippen molar-refractivity contribution in [3.05, 3.63) is 135 Å². The number of nitrogens with one attached hydrogen (secondary N) is 3. The van der Waals surface area contributed by atoms with E-state index < -0.39 is 23.9 Å². The molecule has 0 aliphatic heterocycles.